The molecule has 0 bridgehead atoms. The van der Waals surface area contributed by atoms with Gasteiger partial charge in [0.15, 0.2) is 0 Å². The normalized spacial score (nSPS) is 13.1. The summed E-state index contributed by atoms with van der Waals surface area (Å²) >= 11 is 0. The number of fused-ring (bicyclic) bond motifs is 2. The number of hydrogen-bond acceptors (Lipinski definition) is 4. The maximum absolute atomic E-state index is 13.3. The van der Waals surface area contributed by atoms with Crippen LogP contribution in [0.1, 0.15) is 32.7 Å². The Kier molecular flexibility index (Phi) is 4.48. The lowest BCUT2D eigenvalue weighted by Gasteiger charge is -2.16. The van der Waals surface area contributed by atoms with Crippen molar-refractivity contribution in [2.24, 2.45) is 0 Å². The van der Waals surface area contributed by atoms with Gasteiger partial charge in [0.25, 0.3) is 5.91 Å². The molecule has 1 aliphatic rings. The summed E-state index contributed by atoms with van der Waals surface area (Å²) in [5, 5.41) is 0.709. The van der Waals surface area contributed by atoms with Crippen LogP contribution in [0.25, 0.3) is 23.1 Å². The minimum Gasteiger partial charge on any atom is -0.368 e. The summed E-state index contributed by atoms with van der Waals surface area (Å²) < 4.78 is 0. The first kappa shape index (κ1) is 18.1. The van der Waals surface area contributed by atoms with E-state index >= 15 is 0 Å². The smallest absolute Gasteiger partial charge is 0.273 e. The molecule has 146 valence electrons. The molecule has 2 heterocycles. The van der Waals surface area contributed by atoms with E-state index in [1.807, 2.05) is 72.8 Å². The number of carbonyl (C=O) groups excluding carboxylic acids is 1. The van der Waals surface area contributed by atoms with Gasteiger partial charge in [-0.1, -0.05) is 72.8 Å². The summed E-state index contributed by atoms with van der Waals surface area (Å²) in [6.45, 7) is 1.15. The second-order valence-electron chi connectivity index (χ2n) is 7.38. The molecule has 5 heteroatoms. The highest BCUT2D eigenvalue weighted by molar-refractivity contribution is 6.05. The Morgan fingerprint density at radius 1 is 0.833 bits per heavy atom. The first-order valence-electron chi connectivity index (χ1n) is 9.84. The molecule has 5 rings (SSSR count). The second-order valence-corrected chi connectivity index (χ2v) is 7.38. The third kappa shape index (κ3) is 3.42. The van der Waals surface area contributed by atoms with E-state index in [2.05, 4.69) is 22.1 Å². The van der Waals surface area contributed by atoms with Crippen LogP contribution in [0.5, 0.6) is 0 Å². The zero-order chi connectivity index (χ0) is 20.5. The molecule has 3 aromatic carbocycles. The number of benzene rings is 3. The van der Waals surface area contributed by atoms with Gasteiger partial charge in [-0.3, -0.25) is 4.79 Å². The predicted octanol–water partition coefficient (Wildman–Crippen LogP) is 4.54. The molecule has 30 heavy (non-hydrogen) atoms. The molecule has 0 saturated carbocycles. The van der Waals surface area contributed by atoms with Crippen LogP contribution in [0.2, 0.25) is 0 Å². The van der Waals surface area contributed by atoms with E-state index < -0.39 is 0 Å². The van der Waals surface area contributed by atoms with Gasteiger partial charge in [-0.15, -0.1) is 0 Å². The molecule has 0 aliphatic carbocycles. The van der Waals surface area contributed by atoms with Crippen molar-refractivity contribution in [1.82, 2.24) is 14.9 Å². The van der Waals surface area contributed by atoms with Gasteiger partial charge in [-0.25, -0.2) is 9.97 Å². The first-order chi connectivity index (χ1) is 14.7. The number of anilines is 1. The van der Waals surface area contributed by atoms with Crippen molar-refractivity contribution in [3.63, 3.8) is 0 Å². The fraction of sp³-hybridized carbons (Fsp3) is 0.0800. The lowest BCUT2D eigenvalue weighted by molar-refractivity contribution is 0.0747. The van der Waals surface area contributed by atoms with Crippen molar-refractivity contribution in [1.29, 1.82) is 0 Å². The van der Waals surface area contributed by atoms with Gasteiger partial charge in [0.05, 0.1) is 5.52 Å². The van der Waals surface area contributed by atoms with Gasteiger partial charge in [0.2, 0.25) is 5.95 Å². The second kappa shape index (κ2) is 7.44. The number of carbonyl (C=O) groups is 1. The third-order valence-corrected chi connectivity index (χ3v) is 5.34. The maximum Gasteiger partial charge on any atom is 0.273 e. The highest BCUT2D eigenvalue weighted by Crippen LogP contribution is 2.27. The zero-order valence-electron chi connectivity index (χ0n) is 16.3. The molecule has 0 spiro atoms. The first-order valence-corrected chi connectivity index (χ1v) is 9.84. The average molecular weight is 392 g/mol. The molecule has 0 radical (unpaired) electrons. The van der Waals surface area contributed by atoms with Gasteiger partial charge >= 0.3 is 0 Å². The van der Waals surface area contributed by atoms with Crippen LogP contribution in [-0.4, -0.2) is 20.8 Å². The Hall–Kier alpha value is -3.99. The van der Waals surface area contributed by atoms with Crippen molar-refractivity contribution in [2.75, 3.05) is 5.73 Å². The Balaban J connectivity index is 1.51. The molecule has 1 aliphatic heterocycles. The predicted molar refractivity (Wildman–Crippen MR) is 119 cm³/mol. The summed E-state index contributed by atoms with van der Waals surface area (Å²) in [7, 11) is 0. The van der Waals surface area contributed by atoms with Crippen molar-refractivity contribution < 1.29 is 4.79 Å². The van der Waals surface area contributed by atoms with Gasteiger partial charge < -0.3 is 10.6 Å². The van der Waals surface area contributed by atoms with Crippen molar-refractivity contribution >= 4 is 34.9 Å². The van der Waals surface area contributed by atoms with Crippen LogP contribution in [0.15, 0.2) is 72.8 Å². The fourth-order valence-corrected chi connectivity index (χ4v) is 3.81. The Labute approximate surface area is 174 Å². The Bertz CT molecular complexity index is 1260. The lowest BCUT2D eigenvalue weighted by Crippen LogP contribution is -2.27. The van der Waals surface area contributed by atoms with Crippen LogP contribution < -0.4 is 5.73 Å². The number of rotatable bonds is 3. The molecular formula is C25H20N4O. The number of nitrogens with zero attached hydrogens (tertiary/aromatic N) is 3. The molecule has 5 nitrogen and oxygen atoms in total. The van der Waals surface area contributed by atoms with E-state index in [1.54, 1.807) is 4.90 Å². The van der Waals surface area contributed by atoms with Crippen LogP contribution in [0.3, 0.4) is 0 Å². The van der Waals surface area contributed by atoms with Crippen molar-refractivity contribution in [2.45, 2.75) is 13.1 Å². The van der Waals surface area contributed by atoms with Gasteiger partial charge in [-0.05, 0) is 34.4 Å². The summed E-state index contributed by atoms with van der Waals surface area (Å²) in [5.41, 5.74) is 11.3. The van der Waals surface area contributed by atoms with Gasteiger partial charge in [0, 0.05) is 18.5 Å². The SMILES string of the molecule is Nc1nc(C(=O)N2Cc3ccccc3C2)c2cc(/C=C/c3ccccc3)ccc2n1. The molecule has 0 saturated heterocycles. The molecule has 2 N–H and O–H groups in total. The maximum atomic E-state index is 13.3. The van der Waals surface area contributed by atoms with E-state index in [1.165, 1.54) is 11.1 Å². The molecule has 4 aromatic rings. The molecule has 0 atom stereocenters. The molecule has 1 amide bonds. The topological polar surface area (TPSA) is 72.1 Å². The molecule has 0 fully saturated rings. The largest absolute Gasteiger partial charge is 0.368 e. The van der Waals surface area contributed by atoms with E-state index in [0.29, 0.717) is 29.7 Å². The number of aromatic nitrogens is 2. The summed E-state index contributed by atoms with van der Waals surface area (Å²) in [6.07, 6.45) is 4.06. The van der Waals surface area contributed by atoms with Crippen LogP contribution in [0.4, 0.5) is 5.95 Å². The quantitative estimate of drug-likeness (QED) is 0.520. The van der Waals surface area contributed by atoms with Crippen molar-refractivity contribution in [3.05, 3.63) is 101 Å². The summed E-state index contributed by atoms with van der Waals surface area (Å²) in [4.78, 5) is 23.8. The summed E-state index contributed by atoms with van der Waals surface area (Å²) in [5.74, 6) is -0.0235. The molecule has 1 aromatic heterocycles. The van der Waals surface area contributed by atoms with Crippen molar-refractivity contribution in [3.8, 4) is 0 Å². The standard InChI is InChI=1S/C25H20N4O/c26-25-27-22-13-12-18(11-10-17-6-2-1-3-7-17)14-21(22)23(28-25)24(30)29-15-19-8-4-5-9-20(19)16-29/h1-14H,15-16H2,(H2,26,27,28)/b11-10+. The number of hydrogen-bond donors (Lipinski definition) is 1. The summed E-state index contributed by atoms with van der Waals surface area (Å²) in [6, 6.07) is 24.0. The minimum absolute atomic E-state index is 0.107. The average Bonchev–Trinajstić information content (AvgIpc) is 3.22. The molecule has 0 unspecified atom stereocenters. The van der Waals surface area contributed by atoms with Gasteiger partial charge in [-0.2, -0.15) is 0 Å². The Morgan fingerprint density at radius 2 is 1.50 bits per heavy atom. The van der Waals surface area contributed by atoms with E-state index in [0.717, 1.165) is 11.1 Å². The monoisotopic (exact) mass is 392 g/mol. The van der Waals surface area contributed by atoms with E-state index in [9.17, 15) is 4.79 Å². The van der Waals surface area contributed by atoms with Gasteiger partial charge in [0.1, 0.15) is 5.69 Å². The number of amides is 1. The minimum atomic E-state index is -0.130. The Morgan fingerprint density at radius 3 is 2.23 bits per heavy atom. The van der Waals surface area contributed by atoms with E-state index in [-0.39, 0.29) is 11.9 Å². The highest BCUT2D eigenvalue weighted by atomic mass is 16.2. The zero-order valence-corrected chi connectivity index (χ0v) is 16.3. The highest BCUT2D eigenvalue weighted by Gasteiger charge is 2.26. The number of nitrogens with two attached hydrogens (primary N) is 1. The van der Waals surface area contributed by atoms with Crippen LogP contribution >= 0.6 is 0 Å². The van der Waals surface area contributed by atoms with Crippen LogP contribution in [-0.2, 0) is 13.1 Å². The van der Waals surface area contributed by atoms with Crippen LogP contribution in [0, 0.1) is 0 Å². The lowest BCUT2D eigenvalue weighted by atomic mass is 10.1. The third-order valence-electron chi connectivity index (χ3n) is 5.34. The fourth-order valence-electron chi connectivity index (χ4n) is 3.81. The molecular weight excluding hydrogens is 372 g/mol. The van der Waals surface area contributed by atoms with E-state index in [4.69, 9.17) is 5.73 Å². The number of nitrogen functional groups attached to an aromatic ring is 1.